The van der Waals surface area contributed by atoms with Gasteiger partial charge in [-0.05, 0) is 30.5 Å². The first kappa shape index (κ1) is 15.7. The number of carbonyl (C=O) groups is 1. The maximum absolute atomic E-state index is 12.0. The maximum Gasteiger partial charge on any atom is 0.358 e. The van der Waals surface area contributed by atoms with E-state index < -0.39 is 5.97 Å². The fourth-order valence-corrected chi connectivity index (χ4v) is 2.83. The molecular formula is C17H18ClN3O2. The number of rotatable bonds is 3. The van der Waals surface area contributed by atoms with Crippen molar-refractivity contribution in [2.24, 2.45) is 4.99 Å². The van der Waals surface area contributed by atoms with E-state index in [2.05, 4.69) is 29.9 Å². The topological polar surface area (TPSA) is 56.5 Å². The molecule has 0 aliphatic carbocycles. The number of aliphatic imine (C=N–C) groups is 1. The number of fused-ring (bicyclic) bond motifs is 3. The molecule has 120 valence electrons. The van der Waals surface area contributed by atoms with Crippen LogP contribution in [0.2, 0.25) is 0 Å². The van der Waals surface area contributed by atoms with Crippen LogP contribution in [-0.2, 0) is 11.3 Å². The highest BCUT2D eigenvalue weighted by Crippen LogP contribution is 2.28. The van der Waals surface area contributed by atoms with Crippen molar-refractivity contribution in [2.75, 3.05) is 6.61 Å². The lowest BCUT2D eigenvalue weighted by atomic mass is 10.00. The zero-order chi connectivity index (χ0) is 16.6. The highest BCUT2D eigenvalue weighted by Gasteiger charge is 2.24. The molecule has 0 bridgehead atoms. The first-order valence-electron chi connectivity index (χ1n) is 7.61. The Balaban J connectivity index is 2.15. The number of hydrogen-bond acceptors (Lipinski definition) is 4. The number of imidazole rings is 1. The summed E-state index contributed by atoms with van der Waals surface area (Å²) in [7, 11) is 0. The Kier molecular flexibility index (Phi) is 4.22. The summed E-state index contributed by atoms with van der Waals surface area (Å²) in [5, 5.41) is 0.445. The van der Waals surface area contributed by atoms with E-state index in [1.165, 1.54) is 5.56 Å². The number of benzene rings is 1. The van der Waals surface area contributed by atoms with E-state index in [0.29, 0.717) is 35.6 Å². The van der Waals surface area contributed by atoms with Crippen molar-refractivity contribution in [1.82, 2.24) is 9.55 Å². The predicted octanol–water partition coefficient (Wildman–Crippen LogP) is 3.67. The van der Waals surface area contributed by atoms with Crippen LogP contribution in [0.1, 0.15) is 54.0 Å². The normalized spacial score (nSPS) is 13.2. The third-order valence-electron chi connectivity index (χ3n) is 3.87. The van der Waals surface area contributed by atoms with E-state index >= 15 is 0 Å². The molecule has 5 nitrogen and oxygen atoms in total. The summed E-state index contributed by atoms with van der Waals surface area (Å²) >= 11 is 6.37. The average Bonchev–Trinajstić information content (AvgIpc) is 2.90. The summed E-state index contributed by atoms with van der Waals surface area (Å²) in [4.78, 5) is 20.7. The van der Waals surface area contributed by atoms with Gasteiger partial charge in [0.1, 0.15) is 11.5 Å². The van der Waals surface area contributed by atoms with Crippen molar-refractivity contribution < 1.29 is 9.53 Å². The Hall–Kier alpha value is -2.14. The number of aromatic nitrogens is 2. The van der Waals surface area contributed by atoms with Crippen molar-refractivity contribution in [2.45, 2.75) is 33.2 Å². The molecule has 23 heavy (non-hydrogen) atoms. The number of carbonyl (C=O) groups excluding carboxylic acids is 1. The van der Waals surface area contributed by atoms with Crippen LogP contribution in [0.4, 0.5) is 0 Å². The van der Waals surface area contributed by atoms with Crippen LogP contribution in [0.25, 0.3) is 5.69 Å². The zero-order valence-electron chi connectivity index (χ0n) is 13.3. The second-order valence-corrected chi connectivity index (χ2v) is 6.03. The molecule has 1 aliphatic heterocycles. The Morgan fingerprint density at radius 3 is 2.91 bits per heavy atom. The van der Waals surface area contributed by atoms with Gasteiger partial charge in [0, 0.05) is 5.56 Å². The van der Waals surface area contributed by atoms with Crippen molar-refractivity contribution in [3.8, 4) is 5.69 Å². The van der Waals surface area contributed by atoms with Crippen molar-refractivity contribution >= 4 is 22.7 Å². The monoisotopic (exact) mass is 331 g/mol. The maximum atomic E-state index is 12.0. The largest absolute Gasteiger partial charge is 0.461 e. The molecule has 2 heterocycles. The Morgan fingerprint density at radius 2 is 2.22 bits per heavy atom. The van der Waals surface area contributed by atoms with E-state index in [0.717, 1.165) is 11.3 Å². The Morgan fingerprint density at radius 1 is 1.43 bits per heavy atom. The number of hydrogen-bond donors (Lipinski definition) is 0. The number of nitrogens with zero attached hydrogens (tertiary/aromatic N) is 3. The molecule has 1 aromatic heterocycles. The van der Waals surface area contributed by atoms with Gasteiger partial charge < -0.3 is 4.74 Å². The summed E-state index contributed by atoms with van der Waals surface area (Å²) < 4.78 is 6.93. The highest BCUT2D eigenvalue weighted by molar-refractivity contribution is 6.70. The molecule has 0 atom stereocenters. The van der Waals surface area contributed by atoms with Crippen LogP contribution in [0.5, 0.6) is 0 Å². The van der Waals surface area contributed by atoms with Crippen LogP contribution in [0.3, 0.4) is 0 Å². The summed E-state index contributed by atoms with van der Waals surface area (Å²) in [6.45, 7) is 6.63. The third-order valence-corrected chi connectivity index (χ3v) is 4.20. The van der Waals surface area contributed by atoms with E-state index in [9.17, 15) is 4.79 Å². The Labute approximate surface area is 140 Å². The summed E-state index contributed by atoms with van der Waals surface area (Å²) in [5.74, 6) is -0.0415. The lowest BCUT2D eigenvalue weighted by Crippen LogP contribution is -2.09. The molecular weight excluding hydrogens is 314 g/mol. The lowest BCUT2D eigenvalue weighted by molar-refractivity contribution is 0.0518. The molecule has 1 aliphatic rings. The minimum atomic E-state index is -0.435. The fraction of sp³-hybridized carbons (Fsp3) is 0.353. The van der Waals surface area contributed by atoms with Crippen LogP contribution < -0.4 is 0 Å². The van der Waals surface area contributed by atoms with E-state index in [1.807, 2.05) is 16.7 Å². The quantitative estimate of drug-likeness (QED) is 0.806. The number of ether oxygens (including phenoxy) is 1. The molecule has 0 radical (unpaired) electrons. The van der Waals surface area contributed by atoms with Crippen LogP contribution >= 0.6 is 11.6 Å². The molecule has 0 saturated carbocycles. The molecule has 0 amide bonds. The summed E-state index contributed by atoms with van der Waals surface area (Å²) in [6, 6.07) is 6.10. The second kappa shape index (κ2) is 6.16. The van der Waals surface area contributed by atoms with Crippen molar-refractivity contribution in [1.29, 1.82) is 0 Å². The van der Waals surface area contributed by atoms with Crippen LogP contribution in [0, 0.1) is 0 Å². The van der Waals surface area contributed by atoms with Crippen molar-refractivity contribution in [3.05, 3.63) is 47.0 Å². The molecule has 2 aromatic rings. The Bertz CT molecular complexity index is 793. The third kappa shape index (κ3) is 2.77. The lowest BCUT2D eigenvalue weighted by Gasteiger charge is -2.12. The van der Waals surface area contributed by atoms with Gasteiger partial charge in [0.25, 0.3) is 0 Å². The highest BCUT2D eigenvalue weighted by atomic mass is 35.5. The zero-order valence-corrected chi connectivity index (χ0v) is 14.1. The van der Waals surface area contributed by atoms with Gasteiger partial charge >= 0.3 is 5.97 Å². The van der Waals surface area contributed by atoms with Crippen LogP contribution in [0.15, 0.2) is 29.5 Å². The predicted molar refractivity (Wildman–Crippen MR) is 89.7 cm³/mol. The average molecular weight is 332 g/mol. The van der Waals surface area contributed by atoms with E-state index in [1.54, 1.807) is 13.3 Å². The van der Waals surface area contributed by atoms with Gasteiger partial charge in [-0.1, -0.05) is 31.5 Å². The van der Waals surface area contributed by atoms with Gasteiger partial charge in [-0.25, -0.2) is 9.78 Å². The first-order chi connectivity index (χ1) is 11.0. The molecule has 0 N–H and O–H groups in total. The SMILES string of the molecule is CCOC(=O)c1ncn2c1CN=C(Cl)c1cc(C(C)C)ccc1-2. The second-order valence-electron chi connectivity index (χ2n) is 5.67. The van der Waals surface area contributed by atoms with Gasteiger partial charge in [0.2, 0.25) is 0 Å². The standard InChI is InChI=1S/C17H18ClN3O2/c1-4-23-17(22)15-14-8-19-16(18)12-7-11(10(2)3)5-6-13(12)21(14)9-20-15/h5-7,9-10H,4,8H2,1-3H3. The molecule has 0 unspecified atom stereocenters. The first-order valence-corrected chi connectivity index (χ1v) is 7.98. The smallest absolute Gasteiger partial charge is 0.358 e. The molecule has 3 rings (SSSR count). The van der Waals surface area contributed by atoms with Gasteiger partial charge in [0.05, 0.1) is 24.5 Å². The molecule has 0 spiro atoms. The number of halogens is 1. The summed E-state index contributed by atoms with van der Waals surface area (Å²) in [5.41, 5.74) is 3.90. The molecule has 0 saturated heterocycles. The minimum Gasteiger partial charge on any atom is -0.461 e. The molecule has 1 aromatic carbocycles. The molecule has 0 fully saturated rings. The number of esters is 1. The van der Waals surface area contributed by atoms with E-state index in [-0.39, 0.29) is 0 Å². The van der Waals surface area contributed by atoms with Crippen molar-refractivity contribution in [3.63, 3.8) is 0 Å². The van der Waals surface area contributed by atoms with Gasteiger partial charge in [-0.15, -0.1) is 0 Å². The fourth-order valence-electron chi connectivity index (χ4n) is 2.62. The summed E-state index contributed by atoms with van der Waals surface area (Å²) in [6.07, 6.45) is 1.63. The minimum absolute atomic E-state index is 0.290. The molecule has 6 heteroatoms. The van der Waals surface area contributed by atoms with Gasteiger partial charge in [-0.3, -0.25) is 9.56 Å². The van der Waals surface area contributed by atoms with E-state index in [4.69, 9.17) is 16.3 Å². The van der Waals surface area contributed by atoms with Crippen LogP contribution in [-0.4, -0.2) is 27.3 Å². The van der Waals surface area contributed by atoms with Gasteiger partial charge in [0.15, 0.2) is 5.69 Å². The van der Waals surface area contributed by atoms with Gasteiger partial charge in [-0.2, -0.15) is 0 Å².